The third-order valence-corrected chi connectivity index (χ3v) is 4.29. The van der Waals surface area contributed by atoms with Crippen molar-refractivity contribution >= 4 is 38.8 Å². The van der Waals surface area contributed by atoms with E-state index in [9.17, 15) is 14.9 Å². The number of hydrogen-bond donors (Lipinski definition) is 2. The van der Waals surface area contributed by atoms with Crippen LogP contribution in [0.3, 0.4) is 0 Å². The minimum Gasteiger partial charge on any atom is -0.492 e. The van der Waals surface area contributed by atoms with Crippen molar-refractivity contribution in [1.82, 2.24) is 5.43 Å². The van der Waals surface area contributed by atoms with Crippen LogP contribution in [0, 0.1) is 10.1 Å². The van der Waals surface area contributed by atoms with Gasteiger partial charge in [0.1, 0.15) is 24.5 Å². The molecule has 27 heavy (non-hydrogen) atoms. The van der Waals surface area contributed by atoms with Gasteiger partial charge in [-0.2, -0.15) is 0 Å². The largest absolute Gasteiger partial charge is 0.492 e. The van der Waals surface area contributed by atoms with Gasteiger partial charge in [0, 0.05) is 28.8 Å². The van der Waals surface area contributed by atoms with Crippen molar-refractivity contribution in [2.75, 3.05) is 25.2 Å². The molecule has 0 atom stereocenters. The fourth-order valence-corrected chi connectivity index (χ4v) is 2.72. The van der Waals surface area contributed by atoms with E-state index in [1.165, 1.54) is 12.1 Å². The number of hydrazine groups is 1. The van der Waals surface area contributed by atoms with E-state index in [1.54, 1.807) is 12.1 Å². The lowest BCUT2D eigenvalue weighted by molar-refractivity contribution is -0.384. The Bertz CT molecular complexity index is 866. The lowest BCUT2D eigenvalue weighted by Crippen LogP contribution is -2.26. The van der Waals surface area contributed by atoms with Gasteiger partial charge in [0.05, 0.1) is 4.92 Å². The number of nitro benzene ring substituents is 1. The van der Waals surface area contributed by atoms with E-state index < -0.39 is 10.9 Å². The lowest BCUT2D eigenvalue weighted by Gasteiger charge is -2.10. The van der Waals surface area contributed by atoms with Gasteiger partial charge < -0.3 is 14.9 Å². The highest BCUT2D eigenvalue weighted by molar-refractivity contribution is 9.10. The molecule has 1 aliphatic heterocycles. The van der Waals surface area contributed by atoms with Crippen LogP contribution in [0.25, 0.3) is 5.57 Å². The fourth-order valence-electron chi connectivity index (χ4n) is 2.45. The molecule has 2 aromatic rings. The first-order valence-corrected chi connectivity index (χ1v) is 8.86. The molecule has 8 nitrogen and oxygen atoms in total. The first-order chi connectivity index (χ1) is 13.0. The fraction of sp³-hybridized carbons (Fsp3) is 0.167. The normalized spacial score (nSPS) is 13.4. The van der Waals surface area contributed by atoms with Gasteiger partial charge in [0.15, 0.2) is 0 Å². The Labute approximate surface area is 163 Å². The summed E-state index contributed by atoms with van der Waals surface area (Å²) in [5.41, 5.74) is 7.77. The van der Waals surface area contributed by atoms with Gasteiger partial charge >= 0.3 is 5.97 Å². The molecule has 0 aliphatic carbocycles. The zero-order valence-corrected chi connectivity index (χ0v) is 15.7. The van der Waals surface area contributed by atoms with Crippen LogP contribution in [0.5, 0.6) is 0 Å². The Kier molecular flexibility index (Phi) is 6.05. The first kappa shape index (κ1) is 18.9. The summed E-state index contributed by atoms with van der Waals surface area (Å²) < 4.78 is 11.7. The molecule has 0 unspecified atom stereocenters. The predicted octanol–water partition coefficient (Wildman–Crippen LogP) is 3.26. The van der Waals surface area contributed by atoms with Crippen LogP contribution in [-0.2, 0) is 14.3 Å². The number of anilines is 1. The predicted molar refractivity (Wildman–Crippen MR) is 103 cm³/mol. The second kappa shape index (κ2) is 8.65. The van der Waals surface area contributed by atoms with Crippen molar-refractivity contribution in [2.24, 2.45) is 0 Å². The minimum atomic E-state index is -0.452. The number of halogens is 1. The summed E-state index contributed by atoms with van der Waals surface area (Å²) in [5, 5.41) is 10.6. The van der Waals surface area contributed by atoms with E-state index >= 15 is 0 Å². The standard InChI is InChI=1S/C18H16BrN3O5/c19-13-3-1-12(2-4-13)17-16(11-27-18(17)23)26-10-9-20-21-14-5-7-15(8-6-14)22(24)25/h1-8,20-21H,9-11H2. The molecule has 1 aliphatic rings. The van der Waals surface area contributed by atoms with Gasteiger partial charge in [-0.3, -0.25) is 10.1 Å². The van der Waals surface area contributed by atoms with Crippen molar-refractivity contribution in [3.05, 3.63) is 74.4 Å². The average molecular weight is 434 g/mol. The lowest BCUT2D eigenvalue weighted by atomic mass is 10.1. The number of nitrogens with one attached hydrogen (secondary N) is 2. The number of nitrogens with zero attached hydrogens (tertiary/aromatic N) is 1. The van der Waals surface area contributed by atoms with Gasteiger partial charge in [-0.05, 0) is 29.8 Å². The molecule has 0 bridgehead atoms. The first-order valence-electron chi connectivity index (χ1n) is 8.07. The Morgan fingerprint density at radius 2 is 1.85 bits per heavy atom. The number of esters is 1. The van der Waals surface area contributed by atoms with Gasteiger partial charge in [-0.15, -0.1) is 0 Å². The molecule has 0 aromatic heterocycles. The third-order valence-electron chi connectivity index (χ3n) is 3.76. The van der Waals surface area contributed by atoms with E-state index in [1.807, 2.05) is 24.3 Å². The number of ether oxygens (including phenoxy) is 2. The summed E-state index contributed by atoms with van der Waals surface area (Å²) >= 11 is 3.36. The molecule has 9 heteroatoms. The van der Waals surface area contributed by atoms with E-state index in [-0.39, 0.29) is 12.3 Å². The summed E-state index contributed by atoms with van der Waals surface area (Å²) in [6.07, 6.45) is 0. The summed E-state index contributed by atoms with van der Waals surface area (Å²) in [4.78, 5) is 22.1. The summed E-state index contributed by atoms with van der Waals surface area (Å²) in [5.74, 6) is 0.101. The topological polar surface area (TPSA) is 103 Å². The van der Waals surface area contributed by atoms with Crippen LogP contribution >= 0.6 is 15.9 Å². The van der Waals surface area contributed by atoms with E-state index in [0.29, 0.717) is 30.2 Å². The Morgan fingerprint density at radius 3 is 2.52 bits per heavy atom. The molecule has 0 saturated heterocycles. The van der Waals surface area contributed by atoms with Gasteiger partial charge in [-0.25, -0.2) is 10.2 Å². The molecule has 2 N–H and O–H groups in total. The number of hydrogen-bond acceptors (Lipinski definition) is 7. The Morgan fingerprint density at radius 1 is 1.15 bits per heavy atom. The van der Waals surface area contributed by atoms with Crippen molar-refractivity contribution in [3.8, 4) is 0 Å². The number of carbonyl (C=O) groups is 1. The maximum atomic E-state index is 12.0. The maximum Gasteiger partial charge on any atom is 0.342 e. The number of rotatable bonds is 8. The van der Waals surface area contributed by atoms with Crippen LogP contribution in [0.1, 0.15) is 5.56 Å². The monoisotopic (exact) mass is 433 g/mol. The number of non-ortho nitro benzene ring substituents is 1. The van der Waals surface area contributed by atoms with Crippen molar-refractivity contribution in [2.45, 2.75) is 0 Å². The molecular formula is C18H16BrN3O5. The Hall–Kier alpha value is -2.91. The molecule has 0 radical (unpaired) electrons. The molecule has 0 amide bonds. The SMILES string of the molecule is O=C1OCC(OCCNNc2ccc([N+](=O)[O-])cc2)=C1c1ccc(Br)cc1. The van der Waals surface area contributed by atoms with E-state index in [0.717, 1.165) is 10.0 Å². The molecule has 0 saturated carbocycles. The maximum absolute atomic E-state index is 12.0. The van der Waals surface area contributed by atoms with Crippen molar-refractivity contribution in [1.29, 1.82) is 0 Å². The highest BCUT2D eigenvalue weighted by atomic mass is 79.9. The van der Waals surface area contributed by atoms with E-state index in [2.05, 4.69) is 26.8 Å². The van der Waals surface area contributed by atoms with E-state index in [4.69, 9.17) is 9.47 Å². The van der Waals surface area contributed by atoms with Crippen LogP contribution in [0.2, 0.25) is 0 Å². The molecule has 140 valence electrons. The van der Waals surface area contributed by atoms with Crippen molar-refractivity contribution < 1.29 is 19.2 Å². The number of cyclic esters (lactones) is 1. The highest BCUT2D eigenvalue weighted by Gasteiger charge is 2.27. The summed E-state index contributed by atoms with van der Waals surface area (Å²) in [6, 6.07) is 13.4. The molecule has 0 fully saturated rings. The van der Waals surface area contributed by atoms with Crippen LogP contribution < -0.4 is 10.9 Å². The summed E-state index contributed by atoms with van der Waals surface area (Å²) in [6.45, 7) is 0.869. The van der Waals surface area contributed by atoms with Gasteiger partial charge in [-0.1, -0.05) is 28.1 Å². The van der Waals surface area contributed by atoms with Gasteiger partial charge in [0.2, 0.25) is 0 Å². The molecule has 0 spiro atoms. The molecular weight excluding hydrogens is 418 g/mol. The second-order valence-corrected chi connectivity index (χ2v) is 6.50. The number of carbonyl (C=O) groups excluding carboxylic acids is 1. The van der Waals surface area contributed by atoms with Crippen molar-refractivity contribution in [3.63, 3.8) is 0 Å². The second-order valence-electron chi connectivity index (χ2n) is 5.59. The zero-order valence-electron chi connectivity index (χ0n) is 14.1. The third kappa shape index (κ3) is 4.83. The highest BCUT2D eigenvalue weighted by Crippen LogP contribution is 2.27. The molecule has 2 aromatic carbocycles. The zero-order chi connectivity index (χ0) is 19.2. The number of nitro groups is 1. The minimum absolute atomic E-state index is 0.0298. The molecule has 3 rings (SSSR count). The number of benzene rings is 2. The summed E-state index contributed by atoms with van der Waals surface area (Å²) in [7, 11) is 0. The smallest absolute Gasteiger partial charge is 0.342 e. The van der Waals surface area contributed by atoms with Crippen LogP contribution in [-0.4, -0.2) is 30.7 Å². The quantitative estimate of drug-likeness (QED) is 0.285. The van der Waals surface area contributed by atoms with Gasteiger partial charge in [0.25, 0.3) is 5.69 Å². The van der Waals surface area contributed by atoms with Crippen LogP contribution in [0.15, 0.2) is 58.8 Å². The van der Waals surface area contributed by atoms with Crippen LogP contribution in [0.4, 0.5) is 11.4 Å². The Balaban J connectivity index is 1.51. The molecule has 1 heterocycles. The average Bonchev–Trinajstić information content (AvgIpc) is 3.03.